The van der Waals surface area contributed by atoms with E-state index in [4.69, 9.17) is 9.84 Å². The van der Waals surface area contributed by atoms with Crippen LogP contribution in [0.15, 0.2) is 30.5 Å². The molecule has 0 radical (unpaired) electrons. The van der Waals surface area contributed by atoms with E-state index < -0.39 is 24.0 Å². The highest BCUT2D eigenvalue weighted by Crippen LogP contribution is 2.25. The van der Waals surface area contributed by atoms with Gasteiger partial charge in [0, 0.05) is 17.3 Å². The molecule has 0 saturated heterocycles. The average molecular weight is 307 g/mol. The molecule has 3 N–H and O–H groups in total. The highest BCUT2D eigenvalue weighted by atomic mass is 19.1. The number of carboxylic acids is 1. The molecule has 1 aromatic heterocycles. The van der Waals surface area contributed by atoms with Crippen molar-refractivity contribution in [1.29, 1.82) is 0 Å². The molecular formula is C15H14FNO5. The van der Waals surface area contributed by atoms with Gasteiger partial charge in [-0.05, 0) is 17.7 Å². The van der Waals surface area contributed by atoms with Crippen LogP contribution in [-0.4, -0.2) is 26.3 Å². The third-order valence-corrected chi connectivity index (χ3v) is 3.05. The number of carboxylic acid groups (broad SMARTS) is 1. The Kier molecular flexibility index (Phi) is 5.03. The Hall–Kier alpha value is -2.51. The average Bonchev–Trinajstić information content (AvgIpc) is 2.49. The Balaban J connectivity index is 2.08. The fourth-order valence-electron chi connectivity index (χ4n) is 1.89. The summed E-state index contributed by atoms with van der Waals surface area (Å²) in [5.74, 6) is -2.30. The number of aliphatic hydroxyl groups excluding tert-OH is 1. The van der Waals surface area contributed by atoms with Crippen molar-refractivity contribution in [2.24, 2.45) is 0 Å². The predicted molar refractivity (Wildman–Crippen MR) is 73.7 cm³/mol. The molecule has 1 aromatic carbocycles. The molecule has 0 aliphatic rings. The van der Waals surface area contributed by atoms with E-state index >= 15 is 0 Å². The molecule has 0 fully saturated rings. The topological polar surface area (TPSA) is 99.9 Å². The Morgan fingerprint density at radius 2 is 1.91 bits per heavy atom. The van der Waals surface area contributed by atoms with Crippen molar-refractivity contribution in [3.05, 3.63) is 58.7 Å². The van der Waals surface area contributed by atoms with Crippen molar-refractivity contribution < 1.29 is 29.2 Å². The molecule has 0 spiro atoms. The normalized spacial score (nSPS) is 10.6. The number of halogens is 1. The van der Waals surface area contributed by atoms with Crippen LogP contribution in [-0.2, 0) is 24.6 Å². The summed E-state index contributed by atoms with van der Waals surface area (Å²) < 4.78 is 18.2. The number of nitrogens with zero attached hydrogens (tertiary/aromatic N) is 1. The van der Waals surface area contributed by atoms with Crippen LogP contribution in [0.1, 0.15) is 27.2 Å². The number of aromatic hydroxyl groups is 1. The first kappa shape index (κ1) is 15.9. The van der Waals surface area contributed by atoms with Crippen LogP contribution in [0.2, 0.25) is 0 Å². The van der Waals surface area contributed by atoms with Crippen LogP contribution in [0.5, 0.6) is 5.75 Å². The summed E-state index contributed by atoms with van der Waals surface area (Å²) >= 11 is 0. The standard InChI is InChI=1S/C15H14FNO5/c16-11-3-1-9(2-4-11)7-22-8-10-5-17-13(15(20)21)14(19)12(10)6-18/h1-5,18-19H,6-8H2,(H,20,21). The van der Waals surface area contributed by atoms with Crippen LogP contribution in [0.4, 0.5) is 4.39 Å². The van der Waals surface area contributed by atoms with Crippen molar-refractivity contribution in [2.45, 2.75) is 19.8 Å². The number of hydrogen-bond donors (Lipinski definition) is 3. The Morgan fingerprint density at radius 1 is 1.23 bits per heavy atom. The molecule has 7 heteroatoms. The first-order valence-electron chi connectivity index (χ1n) is 6.39. The summed E-state index contributed by atoms with van der Waals surface area (Å²) in [6, 6.07) is 5.77. The van der Waals surface area contributed by atoms with Gasteiger partial charge < -0.3 is 20.1 Å². The number of aliphatic hydroxyl groups is 1. The summed E-state index contributed by atoms with van der Waals surface area (Å²) in [6.45, 7) is -0.315. The number of aromatic carboxylic acids is 1. The van der Waals surface area contributed by atoms with E-state index in [1.807, 2.05) is 0 Å². The van der Waals surface area contributed by atoms with Crippen LogP contribution < -0.4 is 0 Å². The SMILES string of the molecule is O=C(O)c1ncc(COCc2ccc(F)cc2)c(CO)c1O. The van der Waals surface area contributed by atoms with Gasteiger partial charge in [-0.3, -0.25) is 0 Å². The fraction of sp³-hybridized carbons (Fsp3) is 0.200. The van der Waals surface area contributed by atoms with Gasteiger partial charge in [0.05, 0.1) is 19.8 Å². The van der Waals surface area contributed by atoms with Gasteiger partial charge in [-0.15, -0.1) is 0 Å². The smallest absolute Gasteiger partial charge is 0.358 e. The van der Waals surface area contributed by atoms with Crippen molar-refractivity contribution >= 4 is 5.97 Å². The molecule has 6 nitrogen and oxygen atoms in total. The zero-order valence-electron chi connectivity index (χ0n) is 11.5. The van der Waals surface area contributed by atoms with E-state index in [9.17, 15) is 19.4 Å². The lowest BCUT2D eigenvalue weighted by Crippen LogP contribution is -2.07. The quantitative estimate of drug-likeness (QED) is 0.753. The second-order valence-electron chi connectivity index (χ2n) is 4.54. The number of hydrogen-bond acceptors (Lipinski definition) is 5. The van der Waals surface area contributed by atoms with Gasteiger partial charge in [-0.1, -0.05) is 12.1 Å². The molecule has 116 valence electrons. The largest absolute Gasteiger partial charge is 0.505 e. The van der Waals surface area contributed by atoms with E-state index in [0.717, 1.165) is 5.56 Å². The van der Waals surface area contributed by atoms with Gasteiger partial charge in [0.2, 0.25) is 0 Å². The summed E-state index contributed by atoms with van der Waals surface area (Å²) in [6.07, 6.45) is 1.24. The molecule has 0 aliphatic heterocycles. The molecule has 0 bridgehead atoms. The van der Waals surface area contributed by atoms with Gasteiger partial charge in [-0.25, -0.2) is 14.2 Å². The zero-order chi connectivity index (χ0) is 16.1. The second kappa shape index (κ2) is 6.97. The molecule has 2 rings (SSSR count). The van der Waals surface area contributed by atoms with E-state index in [2.05, 4.69) is 4.98 Å². The third-order valence-electron chi connectivity index (χ3n) is 3.05. The summed E-state index contributed by atoms with van der Waals surface area (Å²) in [7, 11) is 0. The van der Waals surface area contributed by atoms with Crippen LogP contribution in [0.3, 0.4) is 0 Å². The minimum atomic E-state index is -1.38. The Labute approximate surface area is 125 Å². The lowest BCUT2D eigenvalue weighted by molar-refractivity contribution is 0.0685. The maximum atomic E-state index is 12.8. The van der Waals surface area contributed by atoms with Crippen molar-refractivity contribution in [3.8, 4) is 5.75 Å². The van der Waals surface area contributed by atoms with Gasteiger partial charge in [-0.2, -0.15) is 0 Å². The number of rotatable bonds is 6. The minimum absolute atomic E-state index is 0.0216. The Morgan fingerprint density at radius 3 is 2.50 bits per heavy atom. The second-order valence-corrected chi connectivity index (χ2v) is 4.54. The van der Waals surface area contributed by atoms with E-state index in [0.29, 0.717) is 5.56 Å². The van der Waals surface area contributed by atoms with Crippen molar-refractivity contribution in [3.63, 3.8) is 0 Å². The van der Waals surface area contributed by atoms with Crippen LogP contribution in [0.25, 0.3) is 0 Å². The van der Waals surface area contributed by atoms with E-state index in [1.165, 1.54) is 18.3 Å². The molecule has 0 aliphatic carbocycles. The van der Waals surface area contributed by atoms with Crippen LogP contribution >= 0.6 is 0 Å². The van der Waals surface area contributed by atoms with Crippen LogP contribution in [0, 0.1) is 5.82 Å². The number of pyridine rings is 1. The third kappa shape index (κ3) is 3.57. The highest BCUT2D eigenvalue weighted by molar-refractivity contribution is 5.89. The van der Waals surface area contributed by atoms with E-state index in [1.54, 1.807) is 12.1 Å². The lowest BCUT2D eigenvalue weighted by atomic mass is 10.1. The molecule has 2 aromatic rings. The number of carbonyl (C=O) groups is 1. The Bertz CT molecular complexity index is 672. The van der Waals surface area contributed by atoms with Crippen molar-refractivity contribution in [1.82, 2.24) is 4.98 Å². The maximum Gasteiger partial charge on any atom is 0.358 e. The molecule has 0 saturated carbocycles. The first-order chi connectivity index (χ1) is 10.5. The van der Waals surface area contributed by atoms with Gasteiger partial charge in [0.25, 0.3) is 0 Å². The van der Waals surface area contributed by atoms with Gasteiger partial charge >= 0.3 is 5.97 Å². The van der Waals surface area contributed by atoms with E-state index in [-0.39, 0.29) is 24.6 Å². The summed E-state index contributed by atoms with van der Waals surface area (Å²) in [5.41, 5.74) is 0.677. The monoisotopic (exact) mass is 307 g/mol. The highest BCUT2D eigenvalue weighted by Gasteiger charge is 2.18. The lowest BCUT2D eigenvalue weighted by Gasteiger charge is -2.11. The summed E-state index contributed by atoms with van der Waals surface area (Å²) in [4.78, 5) is 14.5. The molecule has 1 heterocycles. The first-order valence-corrected chi connectivity index (χ1v) is 6.39. The minimum Gasteiger partial charge on any atom is -0.505 e. The summed E-state index contributed by atoms with van der Waals surface area (Å²) in [5, 5.41) is 27.9. The van der Waals surface area contributed by atoms with Crippen molar-refractivity contribution in [2.75, 3.05) is 0 Å². The maximum absolute atomic E-state index is 12.8. The molecule has 22 heavy (non-hydrogen) atoms. The molecule has 0 unspecified atom stereocenters. The number of benzene rings is 1. The fourth-order valence-corrected chi connectivity index (χ4v) is 1.89. The zero-order valence-corrected chi connectivity index (χ0v) is 11.5. The molecule has 0 amide bonds. The molecule has 0 atom stereocenters. The number of aromatic nitrogens is 1. The van der Waals surface area contributed by atoms with Gasteiger partial charge in [0.15, 0.2) is 11.4 Å². The molecular weight excluding hydrogens is 293 g/mol. The number of ether oxygens (including phenoxy) is 1. The van der Waals surface area contributed by atoms with Gasteiger partial charge in [0.1, 0.15) is 5.82 Å². The predicted octanol–water partition coefficient (Wildman–Crippen LogP) is 1.83.